The molecule has 4 heteroatoms. The number of hydrogen-bond donors (Lipinski definition) is 1. The molecule has 16 heavy (non-hydrogen) atoms. The summed E-state index contributed by atoms with van der Waals surface area (Å²) in [6, 6.07) is 7.60. The van der Waals surface area contributed by atoms with Crippen molar-refractivity contribution in [3.8, 4) is 0 Å². The molecule has 1 N–H and O–H groups in total. The first-order chi connectivity index (χ1) is 7.66. The lowest BCUT2D eigenvalue weighted by Crippen LogP contribution is -1.99. The van der Waals surface area contributed by atoms with E-state index in [2.05, 4.69) is 21.2 Å². The fourth-order valence-corrected chi connectivity index (χ4v) is 2.22. The van der Waals surface area contributed by atoms with Crippen LogP contribution in [0.1, 0.15) is 11.3 Å². The second-order valence-electron chi connectivity index (χ2n) is 3.50. The average molecular weight is 301 g/mol. The number of halogens is 2. The van der Waals surface area contributed by atoms with E-state index in [1.54, 1.807) is 6.26 Å². The van der Waals surface area contributed by atoms with Crippen molar-refractivity contribution in [3.05, 3.63) is 51.3 Å². The van der Waals surface area contributed by atoms with Crippen LogP contribution in [0.2, 0.25) is 5.02 Å². The zero-order valence-corrected chi connectivity index (χ0v) is 11.1. The quantitative estimate of drug-likeness (QED) is 0.895. The van der Waals surface area contributed by atoms with Crippen LogP contribution >= 0.6 is 27.5 Å². The summed E-state index contributed by atoms with van der Waals surface area (Å²) < 4.78 is 6.29. The number of nitrogens with one attached hydrogen (secondary N) is 1. The van der Waals surface area contributed by atoms with Gasteiger partial charge in [-0.1, -0.05) is 11.6 Å². The number of anilines is 1. The smallest absolute Gasteiger partial charge is 0.125 e. The summed E-state index contributed by atoms with van der Waals surface area (Å²) in [5.41, 5.74) is 2.15. The van der Waals surface area contributed by atoms with Crippen molar-refractivity contribution in [2.45, 2.75) is 13.5 Å². The standard InChI is InChI=1S/C12H11BrClNO/c1-8-4-5-16-12(8)7-15-11-3-2-9(14)6-10(11)13/h2-6,15H,7H2,1H3. The summed E-state index contributed by atoms with van der Waals surface area (Å²) in [7, 11) is 0. The molecule has 0 spiro atoms. The second-order valence-corrected chi connectivity index (χ2v) is 4.80. The molecule has 0 radical (unpaired) electrons. The fraction of sp³-hybridized carbons (Fsp3) is 0.167. The Hall–Kier alpha value is -0.930. The van der Waals surface area contributed by atoms with Crippen LogP contribution < -0.4 is 5.32 Å². The summed E-state index contributed by atoms with van der Waals surface area (Å²) >= 11 is 9.32. The minimum Gasteiger partial charge on any atom is -0.467 e. The minimum atomic E-state index is 0.666. The molecule has 1 aromatic heterocycles. The first kappa shape index (κ1) is 11.6. The lowest BCUT2D eigenvalue weighted by molar-refractivity contribution is 0.515. The first-order valence-electron chi connectivity index (χ1n) is 4.88. The molecule has 0 atom stereocenters. The summed E-state index contributed by atoms with van der Waals surface area (Å²) in [6.45, 7) is 2.69. The molecule has 0 amide bonds. The van der Waals surface area contributed by atoms with Crippen LogP contribution in [0.3, 0.4) is 0 Å². The Bertz CT molecular complexity index is 496. The van der Waals surface area contributed by atoms with Gasteiger partial charge in [-0.05, 0) is 52.7 Å². The van der Waals surface area contributed by atoms with Crippen molar-refractivity contribution in [1.82, 2.24) is 0 Å². The molecule has 0 aliphatic heterocycles. The van der Waals surface area contributed by atoms with E-state index in [1.165, 1.54) is 0 Å². The number of rotatable bonds is 3. The molecule has 0 saturated carbocycles. The highest BCUT2D eigenvalue weighted by molar-refractivity contribution is 9.10. The third kappa shape index (κ3) is 2.60. The molecule has 1 heterocycles. The number of benzene rings is 1. The van der Waals surface area contributed by atoms with E-state index < -0.39 is 0 Å². The van der Waals surface area contributed by atoms with Crippen LogP contribution in [0.5, 0.6) is 0 Å². The van der Waals surface area contributed by atoms with E-state index in [4.69, 9.17) is 16.0 Å². The predicted octanol–water partition coefficient (Wildman–Crippen LogP) is 4.62. The third-order valence-electron chi connectivity index (χ3n) is 2.34. The summed E-state index contributed by atoms with van der Waals surface area (Å²) in [4.78, 5) is 0. The van der Waals surface area contributed by atoms with Gasteiger partial charge in [0.2, 0.25) is 0 Å². The molecule has 0 fully saturated rings. The van der Waals surface area contributed by atoms with Crippen LogP contribution in [-0.4, -0.2) is 0 Å². The maximum Gasteiger partial charge on any atom is 0.125 e. The largest absolute Gasteiger partial charge is 0.467 e. The molecular formula is C12H11BrClNO. The highest BCUT2D eigenvalue weighted by atomic mass is 79.9. The SMILES string of the molecule is Cc1ccoc1CNc1ccc(Cl)cc1Br. The Morgan fingerprint density at radius 1 is 1.38 bits per heavy atom. The van der Waals surface area contributed by atoms with Gasteiger partial charge in [-0.25, -0.2) is 0 Å². The maximum atomic E-state index is 5.87. The van der Waals surface area contributed by atoms with Crippen LogP contribution in [-0.2, 0) is 6.54 Å². The van der Waals surface area contributed by atoms with Gasteiger partial charge in [-0.3, -0.25) is 0 Å². The zero-order valence-electron chi connectivity index (χ0n) is 8.76. The van der Waals surface area contributed by atoms with Crippen molar-refractivity contribution in [1.29, 1.82) is 0 Å². The fourth-order valence-electron chi connectivity index (χ4n) is 1.39. The molecule has 1 aromatic carbocycles. The lowest BCUT2D eigenvalue weighted by atomic mass is 10.2. The zero-order chi connectivity index (χ0) is 11.5. The van der Waals surface area contributed by atoms with Gasteiger partial charge in [0.15, 0.2) is 0 Å². The van der Waals surface area contributed by atoms with Crippen molar-refractivity contribution >= 4 is 33.2 Å². The molecular weight excluding hydrogens is 289 g/mol. The highest BCUT2D eigenvalue weighted by Crippen LogP contribution is 2.26. The maximum absolute atomic E-state index is 5.87. The van der Waals surface area contributed by atoms with Gasteiger partial charge in [-0.15, -0.1) is 0 Å². The average Bonchev–Trinajstić information content (AvgIpc) is 2.63. The van der Waals surface area contributed by atoms with E-state index >= 15 is 0 Å². The molecule has 0 saturated heterocycles. The van der Waals surface area contributed by atoms with Crippen molar-refractivity contribution in [2.75, 3.05) is 5.32 Å². The monoisotopic (exact) mass is 299 g/mol. The predicted molar refractivity (Wildman–Crippen MR) is 69.9 cm³/mol. The van der Waals surface area contributed by atoms with E-state index in [1.807, 2.05) is 31.2 Å². The van der Waals surface area contributed by atoms with Gasteiger partial charge in [0, 0.05) is 15.2 Å². The van der Waals surface area contributed by atoms with Gasteiger partial charge in [0.25, 0.3) is 0 Å². The molecule has 2 nitrogen and oxygen atoms in total. The summed E-state index contributed by atoms with van der Waals surface area (Å²) in [6.07, 6.45) is 1.70. The summed E-state index contributed by atoms with van der Waals surface area (Å²) in [5, 5.41) is 4.00. The van der Waals surface area contributed by atoms with Crippen LogP contribution in [0.15, 0.2) is 39.4 Å². The van der Waals surface area contributed by atoms with Crippen molar-refractivity contribution in [3.63, 3.8) is 0 Å². The Morgan fingerprint density at radius 2 is 2.19 bits per heavy atom. The Morgan fingerprint density at radius 3 is 2.81 bits per heavy atom. The molecule has 0 aliphatic carbocycles. The first-order valence-corrected chi connectivity index (χ1v) is 6.06. The second kappa shape index (κ2) is 4.93. The van der Waals surface area contributed by atoms with Gasteiger partial charge in [0.1, 0.15) is 5.76 Å². The third-order valence-corrected chi connectivity index (χ3v) is 3.23. The molecule has 84 valence electrons. The lowest BCUT2D eigenvalue weighted by Gasteiger charge is -2.07. The van der Waals surface area contributed by atoms with E-state index in [9.17, 15) is 0 Å². The molecule has 2 rings (SSSR count). The van der Waals surface area contributed by atoms with Gasteiger partial charge in [-0.2, -0.15) is 0 Å². The molecule has 0 bridgehead atoms. The van der Waals surface area contributed by atoms with Crippen molar-refractivity contribution in [2.24, 2.45) is 0 Å². The van der Waals surface area contributed by atoms with Gasteiger partial charge in [0.05, 0.1) is 12.8 Å². The number of furan rings is 1. The van der Waals surface area contributed by atoms with Gasteiger partial charge >= 0.3 is 0 Å². The van der Waals surface area contributed by atoms with Crippen molar-refractivity contribution < 1.29 is 4.42 Å². The Balaban J connectivity index is 2.08. The van der Waals surface area contributed by atoms with E-state index in [0.29, 0.717) is 11.6 Å². The molecule has 2 aromatic rings. The van der Waals surface area contributed by atoms with Crippen LogP contribution in [0, 0.1) is 6.92 Å². The Labute approximate surface area is 108 Å². The highest BCUT2D eigenvalue weighted by Gasteiger charge is 2.04. The number of hydrogen-bond acceptors (Lipinski definition) is 2. The van der Waals surface area contributed by atoms with Crippen LogP contribution in [0.25, 0.3) is 0 Å². The number of aryl methyl sites for hydroxylation is 1. The van der Waals surface area contributed by atoms with Crippen LogP contribution in [0.4, 0.5) is 5.69 Å². The molecule has 0 unspecified atom stereocenters. The van der Waals surface area contributed by atoms with Gasteiger partial charge < -0.3 is 9.73 Å². The minimum absolute atomic E-state index is 0.666. The van der Waals surface area contributed by atoms with E-state index in [-0.39, 0.29) is 0 Å². The summed E-state index contributed by atoms with van der Waals surface area (Å²) in [5.74, 6) is 0.946. The van der Waals surface area contributed by atoms with E-state index in [0.717, 1.165) is 21.5 Å². The topological polar surface area (TPSA) is 25.2 Å². The normalized spacial score (nSPS) is 10.4. The Kier molecular flexibility index (Phi) is 3.56. The molecule has 0 aliphatic rings.